The van der Waals surface area contributed by atoms with Gasteiger partial charge in [0, 0.05) is 45.5 Å². The van der Waals surface area contributed by atoms with Crippen LogP contribution in [-0.4, -0.2) is 50.6 Å². The van der Waals surface area contributed by atoms with Crippen LogP contribution in [-0.2, 0) is 6.18 Å². The van der Waals surface area contributed by atoms with Crippen molar-refractivity contribution in [1.29, 1.82) is 0 Å². The molecule has 1 aromatic carbocycles. The standard InChI is InChI=1S/C16H23F3N4/c1-3-7-21-15(20-2)23-10-8-22(9-11-23)14-6-4-5-13(12-14)16(17,18)19/h4-6,12H,3,7-11H2,1-2H3,(H,20,21). The molecule has 0 atom stereocenters. The van der Waals surface area contributed by atoms with Gasteiger partial charge < -0.3 is 15.1 Å². The second-order valence-corrected chi connectivity index (χ2v) is 5.50. The van der Waals surface area contributed by atoms with Crippen LogP contribution in [0.4, 0.5) is 18.9 Å². The van der Waals surface area contributed by atoms with Crippen LogP contribution in [0.2, 0.25) is 0 Å². The monoisotopic (exact) mass is 328 g/mol. The van der Waals surface area contributed by atoms with Crippen LogP contribution in [0.25, 0.3) is 0 Å². The van der Waals surface area contributed by atoms with Gasteiger partial charge in [0.15, 0.2) is 5.96 Å². The highest BCUT2D eigenvalue weighted by molar-refractivity contribution is 5.80. The number of hydrogen-bond donors (Lipinski definition) is 1. The number of halogens is 3. The van der Waals surface area contributed by atoms with Gasteiger partial charge >= 0.3 is 6.18 Å². The zero-order chi connectivity index (χ0) is 16.9. The summed E-state index contributed by atoms with van der Waals surface area (Å²) in [4.78, 5) is 8.38. The number of rotatable bonds is 3. The molecule has 1 aliphatic heterocycles. The van der Waals surface area contributed by atoms with E-state index in [1.807, 2.05) is 4.90 Å². The van der Waals surface area contributed by atoms with E-state index in [1.54, 1.807) is 13.1 Å². The number of nitrogens with one attached hydrogen (secondary N) is 1. The first-order chi connectivity index (χ1) is 11.0. The molecule has 0 unspecified atom stereocenters. The van der Waals surface area contributed by atoms with E-state index in [0.29, 0.717) is 18.8 Å². The predicted molar refractivity (Wildman–Crippen MR) is 86.9 cm³/mol. The lowest BCUT2D eigenvalue weighted by Gasteiger charge is -2.37. The van der Waals surface area contributed by atoms with E-state index in [0.717, 1.165) is 38.1 Å². The van der Waals surface area contributed by atoms with Crippen molar-refractivity contribution in [2.75, 3.05) is 44.7 Å². The first-order valence-corrected chi connectivity index (χ1v) is 7.83. The molecule has 0 aliphatic carbocycles. The zero-order valence-corrected chi connectivity index (χ0v) is 13.5. The van der Waals surface area contributed by atoms with Gasteiger partial charge in [0.25, 0.3) is 0 Å². The largest absolute Gasteiger partial charge is 0.416 e. The maximum Gasteiger partial charge on any atom is 0.416 e. The summed E-state index contributed by atoms with van der Waals surface area (Å²) in [5.74, 6) is 0.857. The highest BCUT2D eigenvalue weighted by Crippen LogP contribution is 2.31. The number of anilines is 1. The van der Waals surface area contributed by atoms with Gasteiger partial charge in [-0.3, -0.25) is 4.99 Å². The molecule has 1 saturated heterocycles. The van der Waals surface area contributed by atoms with Crippen LogP contribution in [0, 0.1) is 0 Å². The molecule has 1 N–H and O–H groups in total. The van der Waals surface area contributed by atoms with Gasteiger partial charge in [-0.05, 0) is 24.6 Å². The summed E-state index contributed by atoms with van der Waals surface area (Å²) in [6, 6.07) is 5.53. The molecule has 1 aliphatic rings. The third-order valence-corrected chi connectivity index (χ3v) is 3.86. The van der Waals surface area contributed by atoms with Gasteiger partial charge in [0.2, 0.25) is 0 Å². The molecule has 128 valence electrons. The van der Waals surface area contributed by atoms with E-state index in [4.69, 9.17) is 0 Å². The van der Waals surface area contributed by atoms with Crippen LogP contribution >= 0.6 is 0 Å². The molecule has 23 heavy (non-hydrogen) atoms. The lowest BCUT2D eigenvalue weighted by Crippen LogP contribution is -2.52. The molecule has 1 heterocycles. The van der Waals surface area contributed by atoms with Gasteiger partial charge in [0.05, 0.1) is 5.56 Å². The van der Waals surface area contributed by atoms with Gasteiger partial charge in [-0.1, -0.05) is 13.0 Å². The van der Waals surface area contributed by atoms with Crippen molar-refractivity contribution in [2.45, 2.75) is 19.5 Å². The number of alkyl halides is 3. The van der Waals surface area contributed by atoms with Crippen LogP contribution in [0.1, 0.15) is 18.9 Å². The minimum Gasteiger partial charge on any atom is -0.368 e. The van der Waals surface area contributed by atoms with E-state index in [9.17, 15) is 13.2 Å². The van der Waals surface area contributed by atoms with Crippen molar-refractivity contribution in [2.24, 2.45) is 4.99 Å². The van der Waals surface area contributed by atoms with E-state index < -0.39 is 11.7 Å². The summed E-state index contributed by atoms with van der Waals surface area (Å²) in [5, 5.41) is 3.28. The molecule has 0 radical (unpaired) electrons. The van der Waals surface area contributed by atoms with Gasteiger partial charge in [0.1, 0.15) is 0 Å². The SMILES string of the molecule is CCCNC(=NC)N1CCN(c2cccc(C(F)(F)F)c2)CC1. The third kappa shape index (κ3) is 4.53. The van der Waals surface area contributed by atoms with E-state index in [1.165, 1.54) is 12.1 Å². The topological polar surface area (TPSA) is 30.9 Å². The maximum absolute atomic E-state index is 12.8. The molecule has 1 aromatic rings. The third-order valence-electron chi connectivity index (χ3n) is 3.86. The minimum absolute atomic E-state index is 0.599. The molecule has 2 rings (SSSR count). The summed E-state index contributed by atoms with van der Waals surface area (Å²) in [5.41, 5.74) is 0.0221. The van der Waals surface area contributed by atoms with Crippen LogP contribution in [0.5, 0.6) is 0 Å². The number of piperazine rings is 1. The Bertz CT molecular complexity index is 534. The summed E-state index contributed by atoms with van der Waals surface area (Å²) in [6.45, 7) is 5.77. The zero-order valence-electron chi connectivity index (χ0n) is 13.5. The first kappa shape index (κ1) is 17.4. The molecule has 0 saturated carbocycles. The second-order valence-electron chi connectivity index (χ2n) is 5.50. The van der Waals surface area contributed by atoms with Gasteiger partial charge in [-0.25, -0.2) is 0 Å². The van der Waals surface area contributed by atoms with Gasteiger partial charge in [-0.15, -0.1) is 0 Å². The molecular formula is C16H23F3N4. The summed E-state index contributed by atoms with van der Waals surface area (Å²) in [7, 11) is 1.75. The Morgan fingerprint density at radius 2 is 1.91 bits per heavy atom. The van der Waals surface area contributed by atoms with Crippen molar-refractivity contribution in [3.63, 3.8) is 0 Å². The molecule has 0 amide bonds. The first-order valence-electron chi connectivity index (χ1n) is 7.83. The molecule has 7 heteroatoms. The summed E-state index contributed by atoms with van der Waals surface area (Å²) >= 11 is 0. The number of benzene rings is 1. The van der Waals surface area contributed by atoms with Crippen molar-refractivity contribution in [3.05, 3.63) is 29.8 Å². The maximum atomic E-state index is 12.8. The summed E-state index contributed by atoms with van der Waals surface area (Å²) < 4.78 is 38.4. The Kier molecular flexibility index (Phi) is 5.74. The Balaban J connectivity index is 1.99. The minimum atomic E-state index is -4.30. The fourth-order valence-corrected chi connectivity index (χ4v) is 2.62. The van der Waals surface area contributed by atoms with Crippen molar-refractivity contribution >= 4 is 11.6 Å². The molecule has 4 nitrogen and oxygen atoms in total. The Morgan fingerprint density at radius 1 is 1.22 bits per heavy atom. The van der Waals surface area contributed by atoms with E-state index in [2.05, 4.69) is 22.1 Å². The molecule has 0 aromatic heterocycles. The van der Waals surface area contributed by atoms with Crippen LogP contribution < -0.4 is 10.2 Å². The van der Waals surface area contributed by atoms with E-state index in [-0.39, 0.29) is 0 Å². The average Bonchev–Trinajstić information content (AvgIpc) is 2.55. The number of hydrogen-bond acceptors (Lipinski definition) is 2. The quantitative estimate of drug-likeness (QED) is 0.684. The number of guanidine groups is 1. The fourth-order valence-electron chi connectivity index (χ4n) is 2.62. The highest BCUT2D eigenvalue weighted by atomic mass is 19.4. The highest BCUT2D eigenvalue weighted by Gasteiger charge is 2.31. The normalized spacial score (nSPS) is 16.7. The molecule has 0 spiro atoms. The van der Waals surface area contributed by atoms with Crippen molar-refractivity contribution in [1.82, 2.24) is 10.2 Å². The lowest BCUT2D eigenvalue weighted by molar-refractivity contribution is -0.137. The Labute approximate surface area is 135 Å². The number of nitrogens with zero attached hydrogens (tertiary/aromatic N) is 3. The Morgan fingerprint density at radius 3 is 2.48 bits per heavy atom. The second kappa shape index (κ2) is 7.57. The average molecular weight is 328 g/mol. The predicted octanol–water partition coefficient (Wildman–Crippen LogP) is 2.81. The lowest BCUT2D eigenvalue weighted by atomic mass is 10.1. The van der Waals surface area contributed by atoms with Crippen molar-refractivity contribution < 1.29 is 13.2 Å². The van der Waals surface area contributed by atoms with E-state index >= 15 is 0 Å². The van der Waals surface area contributed by atoms with Crippen molar-refractivity contribution in [3.8, 4) is 0 Å². The van der Waals surface area contributed by atoms with Crippen LogP contribution in [0.15, 0.2) is 29.3 Å². The van der Waals surface area contributed by atoms with Gasteiger partial charge in [-0.2, -0.15) is 13.2 Å². The molecule has 1 fully saturated rings. The molecular weight excluding hydrogens is 305 g/mol. The number of aliphatic imine (C=N–C) groups is 1. The fraction of sp³-hybridized carbons (Fsp3) is 0.562. The summed E-state index contributed by atoms with van der Waals surface area (Å²) in [6.07, 6.45) is -3.28. The Hall–Kier alpha value is -1.92. The van der Waals surface area contributed by atoms with Crippen LogP contribution in [0.3, 0.4) is 0 Å². The smallest absolute Gasteiger partial charge is 0.368 e. The molecule has 0 bridgehead atoms.